The van der Waals surface area contributed by atoms with Gasteiger partial charge < -0.3 is 10.6 Å². The number of hydrogen-bond donors (Lipinski definition) is 2. The van der Waals surface area contributed by atoms with Crippen LogP contribution in [0.25, 0.3) is 0 Å². The molecule has 3 rings (SSSR count). The second-order valence-electron chi connectivity index (χ2n) is 5.05. The Bertz CT molecular complexity index is 412. The largest absolute Gasteiger partial charge is 0.380 e. The number of fused-ring (bicyclic) bond motifs is 2. The molecule has 2 heterocycles. The second-order valence-corrected chi connectivity index (χ2v) is 5.91. The Hall–Kier alpha value is -0.610. The molecule has 0 saturated carbocycles. The molecule has 0 radical (unpaired) electrons. The van der Waals surface area contributed by atoms with E-state index in [1.807, 2.05) is 12.1 Å². The third kappa shape index (κ3) is 2.33. The third-order valence-corrected chi connectivity index (χ3v) is 4.40. The van der Waals surface area contributed by atoms with E-state index in [0.717, 1.165) is 12.8 Å². The lowest BCUT2D eigenvalue weighted by Gasteiger charge is -2.30. The lowest BCUT2D eigenvalue weighted by molar-refractivity contribution is 0.377. The van der Waals surface area contributed by atoms with Gasteiger partial charge in [0.25, 0.3) is 0 Å². The lowest BCUT2D eigenvalue weighted by atomic mass is 9.99. The average molecular weight is 299 g/mol. The Morgan fingerprint density at radius 1 is 1.24 bits per heavy atom. The molecular formula is C13H16BrFN2. The number of hydrogen-bond acceptors (Lipinski definition) is 2. The Kier molecular flexibility index (Phi) is 3.09. The molecule has 0 aliphatic carbocycles. The van der Waals surface area contributed by atoms with Crippen LogP contribution in [0, 0.1) is 5.82 Å². The third-order valence-electron chi connectivity index (χ3n) is 3.78. The van der Waals surface area contributed by atoms with Gasteiger partial charge in [-0.15, -0.1) is 0 Å². The van der Waals surface area contributed by atoms with Gasteiger partial charge in [0.05, 0.1) is 10.2 Å². The van der Waals surface area contributed by atoms with E-state index in [2.05, 4.69) is 26.6 Å². The first-order valence-corrected chi connectivity index (χ1v) is 6.98. The topological polar surface area (TPSA) is 24.1 Å². The highest BCUT2D eigenvalue weighted by atomic mass is 79.9. The van der Waals surface area contributed by atoms with E-state index in [1.54, 1.807) is 6.07 Å². The number of benzene rings is 1. The molecule has 2 bridgehead atoms. The summed E-state index contributed by atoms with van der Waals surface area (Å²) in [6.07, 6.45) is 4.73. The molecule has 2 unspecified atom stereocenters. The fraction of sp³-hybridized carbons (Fsp3) is 0.538. The summed E-state index contributed by atoms with van der Waals surface area (Å²) in [6.45, 7) is 0. The first kappa shape index (κ1) is 11.5. The van der Waals surface area contributed by atoms with Crippen LogP contribution >= 0.6 is 15.9 Å². The van der Waals surface area contributed by atoms with Gasteiger partial charge in [-0.2, -0.15) is 0 Å². The lowest BCUT2D eigenvalue weighted by Crippen LogP contribution is -2.43. The highest BCUT2D eigenvalue weighted by Gasteiger charge is 2.33. The van der Waals surface area contributed by atoms with Gasteiger partial charge in [0.1, 0.15) is 0 Å². The fourth-order valence-corrected chi connectivity index (χ4v) is 3.38. The SMILES string of the molecule is Fc1c(Br)cccc1NC1CC2CCC(C1)N2. The standard InChI is InChI=1S/C13H16BrFN2/c14-11-2-1-3-12(13(11)15)17-10-6-8-4-5-9(7-10)16-8/h1-3,8-10,16-17H,4-7H2. The Morgan fingerprint density at radius 2 is 1.94 bits per heavy atom. The minimum absolute atomic E-state index is 0.182. The molecule has 17 heavy (non-hydrogen) atoms. The summed E-state index contributed by atoms with van der Waals surface area (Å²) >= 11 is 3.22. The van der Waals surface area contributed by atoms with Crippen LogP contribution in [0.1, 0.15) is 25.7 Å². The quantitative estimate of drug-likeness (QED) is 0.875. The zero-order chi connectivity index (χ0) is 11.8. The van der Waals surface area contributed by atoms with Crippen LogP contribution in [0.15, 0.2) is 22.7 Å². The zero-order valence-electron chi connectivity index (χ0n) is 9.55. The van der Waals surface area contributed by atoms with Gasteiger partial charge >= 0.3 is 0 Å². The van der Waals surface area contributed by atoms with Gasteiger partial charge in [-0.05, 0) is 53.7 Å². The van der Waals surface area contributed by atoms with Crippen molar-refractivity contribution in [2.75, 3.05) is 5.32 Å². The van der Waals surface area contributed by atoms with Crippen molar-refractivity contribution in [2.24, 2.45) is 0 Å². The van der Waals surface area contributed by atoms with E-state index in [9.17, 15) is 4.39 Å². The Morgan fingerprint density at radius 3 is 2.65 bits per heavy atom. The summed E-state index contributed by atoms with van der Waals surface area (Å²) in [5, 5.41) is 6.93. The number of nitrogens with one attached hydrogen (secondary N) is 2. The summed E-state index contributed by atoms with van der Waals surface area (Å²) in [4.78, 5) is 0. The average Bonchev–Trinajstić information content (AvgIpc) is 2.65. The van der Waals surface area contributed by atoms with Crippen molar-refractivity contribution in [3.05, 3.63) is 28.5 Å². The minimum Gasteiger partial charge on any atom is -0.380 e. The van der Waals surface area contributed by atoms with Gasteiger partial charge in [0.2, 0.25) is 0 Å². The molecule has 2 saturated heterocycles. The van der Waals surface area contributed by atoms with E-state index in [-0.39, 0.29) is 5.82 Å². The maximum Gasteiger partial charge on any atom is 0.160 e. The van der Waals surface area contributed by atoms with E-state index < -0.39 is 0 Å². The van der Waals surface area contributed by atoms with E-state index in [1.165, 1.54) is 12.8 Å². The molecule has 0 spiro atoms. The van der Waals surface area contributed by atoms with E-state index in [0.29, 0.717) is 28.3 Å². The van der Waals surface area contributed by atoms with Crippen molar-refractivity contribution in [3.8, 4) is 0 Å². The summed E-state index contributed by atoms with van der Waals surface area (Å²) in [5.74, 6) is -0.182. The smallest absolute Gasteiger partial charge is 0.160 e. The highest BCUT2D eigenvalue weighted by Crippen LogP contribution is 2.30. The van der Waals surface area contributed by atoms with Gasteiger partial charge in [0.15, 0.2) is 5.82 Å². The molecule has 2 aliphatic rings. The number of anilines is 1. The number of rotatable bonds is 2. The molecule has 0 aromatic heterocycles. The number of halogens is 2. The normalized spacial score (nSPS) is 31.5. The van der Waals surface area contributed by atoms with Crippen molar-refractivity contribution in [1.82, 2.24) is 5.32 Å². The molecule has 2 aliphatic heterocycles. The van der Waals surface area contributed by atoms with Gasteiger partial charge in [-0.25, -0.2) is 4.39 Å². The summed E-state index contributed by atoms with van der Waals surface area (Å²) in [7, 11) is 0. The van der Waals surface area contributed by atoms with Crippen LogP contribution in [-0.2, 0) is 0 Å². The maximum atomic E-state index is 13.8. The van der Waals surface area contributed by atoms with Crippen molar-refractivity contribution in [3.63, 3.8) is 0 Å². The van der Waals surface area contributed by atoms with Crippen LogP contribution in [0.3, 0.4) is 0 Å². The van der Waals surface area contributed by atoms with Crippen molar-refractivity contribution < 1.29 is 4.39 Å². The molecule has 2 N–H and O–H groups in total. The molecule has 2 fully saturated rings. The maximum absolute atomic E-state index is 13.8. The van der Waals surface area contributed by atoms with Crippen LogP contribution in [0.5, 0.6) is 0 Å². The summed E-state index contributed by atoms with van der Waals surface area (Å²) in [5.41, 5.74) is 0.616. The number of piperidine rings is 1. The first-order chi connectivity index (χ1) is 8.22. The van der Waals surface area contributed by atoms with Crippen LogP contribution in [-0.4, -0.2) is 18.1 Å². The molecule has 1 aromatic rings. The van der Waals surface area contributed by atoms with Gasteiger partial charge in [-0.3, -0.25) is 0 Å². The molecule has 4 heteroatoms. The Labute approximate surface area is 109 Å². The van der Waals surface area contributed by atoms with Crippen LogP contribution in [0.2, 0.25) is 0 Å². The van der Waals surface area contributed by atoms with Crippen molar-refractivity contribution in [1.29, 1.82) is 0 Å². The van der Waals surface area contributed by atoms with Gasteiger partial charge in [0, 0.05) is 18.1 Å². The molecule has 2 nitrogen and oxygen atoms in total. The van der Waals surface area contributed by atoms with Crippen molar-refractivity contribution in [2.45, 2.75) is 43.8 Å². The molecule has 1 aromatic carbocycles. The highest BCUT2D eigenvalue weighted by molar-refractivity contribution is 9.10. The molecule has 2 atom stereocenters. The van der Waals surface area contributed by atoms with Crippen molar-refractivity contribution >= 4 is 21.6 Å². The fourth-order valence-electron chi connectivity index (χ4n) is 3.01. The predicted octanol–water partition coefficient (Wildman–Crippen LogP) is 3.28. The predicted molar refractivity (Wildman–Crippen MR) is 70.7 cm³/mol. The van der Waals surface area contributed by atoms with E-state index in [4.69, 9.17) is 0 Å². The zero-order valence-corrected chi connectivity index (χ0v) is 11.1. The molecular weight excluding hydrogens is 283 g/mol. The van der Waals surface area contributed by atoms with E-state index >= 15 is 0 Å². The van der Waals surface area contributed by atoms with Crippen LogP contribution < -0.4 is 10.6 Å². The molecule has 0 amide bonds. The summed E-state index contributed by atoms with van der Waals surface area (Å²) < 4.78 is 14.4. The monoisotopic (exact) mass is 298 g/mol. The molecule has 92 valence electrons. The second kappa shape index (κ2) is 4.58. The van der Waals surface area contributed by atoms with Crippen LogP contribution in [0.4, 0.5) is 10.1 Å². The Balaban J connectivity index is 1.72. The van der Waals surface area contributed by atoms with Gasteiger partial charge in [-0.1, -0.05) is 6.07 Å². The summed E-state index contributed by atoms with van der Waals surface area (Å²) in [6, 6.07) is 7.06. The minimum atomic E-state index is -0.182. The first-order valence-electron chi connectivity index (χ1n) is 6.19.